The highest BCUT2D eigenvalue weighted by Gasteiger charge is 2.05. The summed E-state index contributed by atoms with van der Waals surface area (Å²) in [5, 5.41) is 0. The quantitative estimate of drug-likeness (QED) is 0.425. The molecule has 0 fully saturated rings. The predicted molar refractivity (Wildman–Crippen MR) is 67.8 cm³/mol. The van der Waals surface area contributed by atoms with Gasteiger partial charge in [0, 0.05) is 16.7 Å². The second-order valence-electron chi connectivity index (χ2n) is 3.63. The first-order valence-corrected chi connectivity index (χ1v) is 6.49. The molecule has 84 valence electrons. The molecule has 1 unspecified atom stereocenters. The molecule has 1 atom stereocenters. The SMILES string of the molecule is CCCCC(CSc1ccccc1)NN. The van der Waals surface area contributed by atoms with Crippen LogP contribution in [0.25, 0.3) is 0 Å². The van der Waals surface area contributed by atoms with Crippen LogP contribution in [0.15, 0.2) is 35.2 Å². The van der Waals surface area contributed by atoms with Crippen molar-refractivity contribution in [1.82, 2.24) is 5.43 Å². The average Bonchev–Trinajstić information content (AvgIpc) is 2.31. The van der Waals surface area contributed by atoms with Crippen LogP contribution in [0.1, 0.15) is 26.2 Å². The summed E-state index contributed by atoms with van der Waals surface area (Å²) in [6.07, 6.45) is 3.63. The maximum atomic E-state index is 5.51. The zero-order chi connectivity index (χ0) is 10.9. The molecule has 15 heavy (non-hydrogen) atoms. The van der Waals surface area contributed by atoms with Gasteiger partial charge in [-0.1, -0.05) is 38.0 Å². The molecular weight excluding hydrogens is 204 g/mol. The van der Waals surface area contributed by atoms with E-state index in [0.29, 0.717) is 6.04 Å². The molecule has 1 rings (SSSR count). The van der Waals surface area contributed by atoms with Gasteiger partial charge >= 0.3 is 0 Å². The van der Waals surface area contributed by atoms with E-state index in [9.17, 15) is 0 Å². The minimum absolute atomic E-state index is 0.426. The zero-order valence-electron chi connectivity index (χ0n) is 9.28. The van der Waals surface area contributed by atoms with E-state index in [0.717, 1.165) is 12.2 Å². The van der Waals surface area contributed by atoms with Gasteiger partial charge in [-0.25, -0.2) is 0 Å². The number of thioether (sulfide) groups is 1. The lowest BCUT2D eigenvalue weighted by molar-refractivity contribution is 0.516. The largest absolute Gasteiger partial charge is 0.271 e. The number of hydrogen-bond acceptors (Lipinski definition) is 3. The summed E-state index contributed by atoms with van der Waals surface area (Å²) in [6, 6.07) is 10.9. The van der Waals surface area contributed by atoms with Crippen molar-refractivity contribution in [3.63, 3.8) is 0 Å². The van der Waals surface area contributed by atoms with Crippen molar-refractivity contribution >= 4 is 11.8 Å². The van der Waals surface area contributed by atoms with E-state index in [1.54, 1.807) is 0 Å². The monoisotopic (exact) mass is 224 g/mol. The zero-order valence-corrected chi connectivity index (χ0v) is 10.1. The van der Waals surface area contributed by atoms with E-state index in [-0.39, 0.29) is 0 Å². The van der Waals surface area contributed by atoms with E-state index in [1.807, 2.05) is 17.8 Å². The number of nitrogens with one attached hydrogen (secondary N) is 1. The van der Waals surface area contributed by atoms with Crippen LogP contribution in [0.3, 0.4) is 0 Å². The summed E-state index contributed by atoms with van der Waals surface area (Å²) < 4.78 is 0. The Labute approximate surface area is 96.6 Å². The summed E-state index contributed by atoms with van der Waals surface area (Å²) in [6.45, 7) is 2.21. The number of unbranched alkanes of at least 4 members (excludes halogenated alkanes) is 1. The van der Waals surface area contributed by atoms with Gasteiger partial charge in [-0.15, -0.1) is 11.8 Å². The summed E-state index contributed by atoms with van der Waals surface area (Å²) in [5.41, 5.74) is 2.89. The Balaban J connectivity index is 2.28. The smallest absolute Gasteiger partial charge is 0.0304 e. The molecule has 0 amide bonds. The summed E-state index contributed by atoms with van der Waals surface area (Å²) >= 11 is 1.86. The molecule has 3 heteroatoms. The van der Waals surface area contributed by atoms with Crippen LogP contribution >= 0.6 is 11.8 Å². The number of hydrazine groups is 1. The number of nitrogens with two attached hydrogens (primary N) is 1. The van der Waals surface area contributed by atoms with Gasteiger partial charge in [0.2, 0.25) is 0 Å². The maximum absolute atomic E-state index is 5.51. The number of hydrogen-bond donors (Lipinski definition) is 2. The van der Waals surface area contributed by atoms with Gasteiger partial charge in [0.15, 0.2) is 0 Å². The third-order valence-electron chi connectivity index (χ3n) is 2.34. The van der Waals surface area contributed by atoms with E-state index in [1.165, 1.54) is 17.7 Å². The predicted octanol–water partition coefficient (Wildman–Crippen LogP) is 2.80. The second-order valence-corrected chi connectivity index (χ2v) is 4.72. The summed E-state index contributed by atoms with van der Waals surface area (Å²) in [4.78, 5) is 1.31. The van der Waals surface area contributed by atoms with Crippen LogP contribution in [0.5, 0.6) is 0 Å². The third-order valence-corrected chi connectivity index (χ3v) is 3.51. The lowest BCUT2D eigenvalue weighted by Gasteiger charge is -2.14. The van der Waals surface area contributed by atoms with Gasteiger partial charge < -0.3 is 0 Å². The highest BCUT2D eigenvalue weighted by molar-refractivity contribution is 7.99. The van der Waals surface area contributed by atoms with Gasteiger partial charge in [0.05, 0.1) is 0 Å². The molecule has 3 N–H and O–H groups in total. The Morgan fingerprint density at radius 2 is 2.07 bits per heavy atom. The lowest BCUT2D eigenvalue weighted by Crippen LogP contribution is -2.36. The van der Waals surface area contributed by atoms with Crippen molar-refractivity contribution in [3.05, 3.63) is 30.3 Å². The lowest BCUT2D eigenvalue weighted by atomic mass is 10.1. The Hall–Kier alpha value is -0.510. The summed E-state index contributed by atoms with van der Waals surface area (Å²) in [5.74, 6) is 6.56. The highest BCUT2D eigenvalue weighted by atomic mass is 32.2. The molecule has 1 aromatic carbocycles. The van der Waals surface area contributed by atoms with Crippen molar-refractivity contribution in [2.75, 3.05) is 5.75 Å². The molecule has 0 saturated carbocycles. The van der Waals surface area contributed by atoms with Crippen LogP contribution in [-0.2, 0) is 0 Å². The van der Waals surface area contributed by atoms with Crippen LogP contribution in [0.4, 0.5) is 0 Å². The fourth-order valence-electron chi connectivity index (χ4n) is 1.38. The normalized spacial score (nSPS) is 12.7. The maximum Gasteiger partial charge on any atom is 0.0304 e. The van der Waals surface area contributed by atoms with E-state index < -0.39 is 0 Å². The van der Waals surface area contributed by atoms with Crippen molar-refractivity contribution in [2.24, 2.45) is 5.84 Å². The Bertz CT molecular complexity index is 251. The molecule has 0 aliphatic rings. The minimum atomic E-state index is 0.426. The molecule has 0 aliphatic carbocycles. The molecule has 0 heterocycles. The number of benzene rings is 1. The number of rotatable bonds is 7. The van der Waals surface area contributed by atoms with Gasteiger partial charge in [0.1, 0.15) is 0 Å². The first-order valence-electron chi connectivity index (χ1n) is 5.50. The van der Waals surface area contributed by atoms with Crippen molar-refractivity contribution in [1.29, 1.82) is 0 Å². The molecule has 1 aromatic rings. The van der Waals surface area contributed by atoms with Crippen LogP contribution in [0.2, 0.25) is 0 Å². The van der Waals surface area contributed by atoms with E-state index in [4.69, 9.17) is 5.84 Å². The van der Waals surface area contributed by atoms with Gasteiger partial charge in [-0.3, -0.25) is 11.3 Å². The molecule has 2 nitrogen and oxygen atoms in total. The molecule has 0 radical (unpaired) electrons. The Kier molecular flexibility index (Phi) is 6.48. The average molecular weight is 224 g/mol. The standard InChI is InChI=1S/C12H20N2S/c1-2-3-7-11(14-13)10-15-12-8-5-4-6-9-12/h4-6,8-9,11,14H,2-3,7,10,13H2,1H3. The molecule has 0 spiro atoms. The topological polar surface area (TPSA) is 38.0 Å². The molecule has 0 aliphatic heterocycles. The fraction of sp³-hybridized carbons (Fsp3) is 0.500. The molecule has 0 saturated heterocycles. The van der Waals surface area contributed by atoms with Gasteiger partial charge in [-0.05, 0) is 18.6 Å². The van der Waals surface area contributed by atoms with Crippen molar-refractivity contribution in [3.8, 4) is 0 Å². The first kappa shape index (κ1) is 12.6. The molecule has 0 bridgehead atoms. The van der Waals surface area contributed by atoms with Gasteiger partial charge in [0.25, 0.3) is 0 Å². The van der Waals surface area contributed by atoms with Crippen LogP contribution in [-0.4, -0.2) is 11.8 Å². The fourth-order valence-corrected chi connectivity index (χ4v) is 2.38. The minimum Gasteiger partial charge on any atom is -0.271 e. The Morgan fingerprint density at radius 1 is 1.33 bits per heavy atom. The second kappa shape index (κ2) is 7.74. The van der Waals surface area contributed by atoms with Crippen LogP contribution < -0.4 is 11.3 Å². The van der Waals surface area contributed by atoms with Gasteiger partial charge in [-0.2, -0.15) is 0 Å². The van der Waals surface area contributed by atoms with Crippen LogP contribution in [0, 0.1) is 0 Å². The molecular formula is C12H20N2S. The Morgan fingerprint density at radius 3 is 2.67 bits per heavy atom. The summed E-state index contributed by atoms with van der Waals surface area (Å²) in [7, 11) is 0. The van der Waals surface area contributed by atoms with Crippen molar-refractivity contribution in [2.45, 2.75) is 37.1 Å². The molecule has 0 aromatic heterocycles. The highest BCUT2D eigenvalue weighted by Crippen LogP contribution is 2.19. The third kappa shape index (κ3) is 5.21. The first-order chi connectivity index (χ1) is 7.36. The van der Waals surface area contributed by atoms with Crippen molar-refractivity contribution < 1.29 is 0 Å². The van der Waals surface area contributed by atoms with E-state index >= 15 is 0 Å². The van der Waals surface area contributed by atoms with E-state index in [2.05, 4.69) is 36.6 Å².